The van der Waals surface area contributed by atoms with E-state index >= 15 is 0 Å². The van der Waals surface area contributed by atoms with E-state index < -0.39 is 0 Å². The summed E-state index contributed by atoms with van der Waals surface area (Å²) < 4.78 is 0. The SMILES string of the molecule is CC1C=Cc2cccc(-c3ccc(-c4nc(-c5ccc(-c6ccccc6)cc5)nc(-c5ccc(-c6cccc7cccnc67)cc5)n4)cc3)c2N1. The zero-order chi connectivity index (χ0) is 34.1. The van der Waals surface area contributed by atoms with Crippen molar-refractivity contribution < 1.29 is 0 Å². The van der Waals surface area contributed by atoms with Crippen LogP contribution in [0.4, 0.5) is 5.69 Å². The van der Waals surface area contributed by atoms with Gasteiger partial charge in [-0.1, -0.05) is 158 Å². The van der Waals surface area contributed by atoms with Gasteiger partial charge in [0, 0.05) is 51.1 Å². The molecule has 2 aromatic heterocycles. The Hall–Kier alpha value is -6.72. The molecule has 1 aliphatic rings. The van der Waals surface area contributed by atoms with Gasteiger partial charge in [-0.3, -0.25) is 4.98 Å². The Balaban J connectivity index is 1.11. The van der Waals surface area contributed by atoms with Gasteiger partial charge in [0.05, 0.1) is 5.52 Å². The lowest BCUT2D eigenvalue weighted by molar-refractivity contribution is 0.993. The Morgan fingerprint density at radius 3 is 1.61 bits per heavy atom. The molecule has 0 saturated heterocycles. The van der Waals surface area contributed by atoms with Crippen LogP contribution in [0.1, 0.15) is 12.5 Å². The number of benzene rings is 6. The normalized spacial score (nSPS) is 13.5. The van der Waals surface area contributed by atoms with Crippen molar-refractivity contribution in [1.29, 1.82) is 0 Å². The number of fused-ring (bicyclic) bond motifs is 2. The third-order valence-electron chi connectivity index (χ3n) is 9.46. The molecule has 1 atom stereocenters. The van der Waals surface area contributed by atoms with Gasteiger partial charge in [0.25, 0.3) is 0 Å². The van der Waals surface area contributed by atoms with Gasteiger partial charge in [0.2, 0.25) is 0 Å². The molecule has 9 rings (SSSR count). The smallest absolute Gasteiger partial charge is 0.164 e. The van der Waals surface area contributed by atoms with Crippen LogP contribution in [-0.4, -0.2) is 26.0 Å². The van der Waals surface area contributed by atoms with Gasteiger partial charge in [-0.25, -0.2) is 15.0 Å². The van der Waals surface area contributed by atoms with E-state index in [0.717, 1.165) is 55.5 Å². The number of hydrogen-bond donors (Lipinski definition) is 1. The highest BCUT2D eigenvalue weighted by Crippen LogP contribution is 2.36. The van der Waals surface area contributed by atoms with E-state index in [9.17, 15) is 0 Å². The standard InChI is InChI=1S/C46H33N5/c1-30-15-16-36-11-6-14-41(43(36)48-30)34-21-27-39(28-22-34)46-50-44(37-23-17-32(18-24-37)31-8-3-2-4-9-31)49-45(51-46)38-25-19-33(20-26-38)40-13-5-10-35-12-7-29-47-42(35)40/h2-30,48H,1H3. The molecule has 6 aromatic carbocycles. The molecule has 8 aromatic rings. The van der Waals surface area contributed by atoms with Crippen molar-refractivity contribution >= 4 is 22.7 Å². The molecule has 1 aliphatic heterocycles. The fourth-order valence-electron chi connectivity index (χ4n) is 6.77. The van der Waals surface area contributed by atoms with Crippen LogP contribution in [0.3, 0.4) is 0 Å². The zero-order valence-corrected chi connectivity index (χ0v) is 28.0. The molecule has 0 spiro atoms. The Bertz CT molecular complexity index is 2530. The molecule has 3 heterocycles. The summed E-state index contributed by atoms with van der Waals surface area (Å²) in [5, 5.41) is 4.75. The summed E-state index contributed by atoms with van der Waals surface area (Å²) in [6.45, 7) is 2.17. The number of pyridine rings is 1. The van der Waals surface area contributed by atoms with Crippen molar-refractivity contribution in [3.63, 3.8) is 0 Å². The lowest BCUT2D eigenvalue weighted by atomic mass is 9.96. The predicted molar refractivity (Wildman–Crippen MR) is 210 cm³/mol. The molecular formula is C46H33N5. The lowest BCUT2D eigenvalue weighted by Gasteiger charge is -2.22. The van der Waals surface area contributed by atoms with Crippen molar-refractivity contribution in [2.75, 3.05) is 5.32 Å². The average molecular weight is 656 g/mol. The third-order valence-corrected chi connectivity index (χ3v) is 9.46. The van der Waals surface area contributed by atoms with E-state index in [4.69, 9.17) is 15.0 Å². The number of hydrogen-bond acceptors (Lipinski definition) is 5. The summed E-state index contributed by atoms with van der Waals surface area (Å²) in [6, 6.07) is 52.8. The van der Waals surface area contributed by atoms with Crippen LogP contribution in [0.2, 0.25) is 0 Å². The first-order valence-corrected chi connectivity index (χ1v) is 17.2. The van der Waals surface area contributed by atoms with E-state index in [1.807, 2.05) is 18.3 Å². The van der Waals surface area contributed by atoms with Crippen LogP contribution in [-0.2, 0) is 0 Å². The minimum absolute atomic E-state index is 0.277. The molecule has 0 fully saturated rings. The maximum absolute atomic E-state index is 5.04. The van der Waals surface area contributed by atoms with Crippen LogP contribution in [0.5, 0.6) is 0 Å². The second-order valence-corrected chi connectivity index (χ2v) is 12.8. The number of aromatic nitrogens is 4. The van der Waals surface area contributed by atoms with E-state index in [0.29, 0.717) is 17.5 Å². The Kier molecular flexibility index (Phi) is 7.71. The van der Waals surface area contributed by atoms with Gasteiger partial charge < -0.3 is 5.32 Å². The van der Waals surface area contributed by atoms with E-state index in [1.165, 1.54) is 16.7 Å². The van der Waals surface area contributed by atoms with Crippen molar-refractivity contribution in [2.24, 2.45) is 0 Å². The highest BCUT2D eigenvalue weighted by Gasteiger charge is 2.16. The predicted octanol–water partition coefficient (Wildman–Crippen LogP) is 11.2. The van der Waals surface area contributed by atoms with Gasteiger partial charge in [-0.05, 0) is 40.8 Å². The maximum atomic E-state index is 5.04. The largest absolute Gasteiger partial charge is 0.378 e. The number of para-hydroxylation sites is 2. The first kappa shape index (κ1) is 30.3. The summed E-state index contributed by atoms with van der Waals surface area (Å²) in [5.74, 6) is 1.87. The minimum Gasteiger partial charge on any atom is -0.378 e. The molecule has 5 heteroatoms. The van der Waals surface area contributed by atoms with Crippen molar-refractivity contribution in [3.8, 4) is 67.5 Å². The van der Waals surface area contributed by atoms with Crippen LogP contribution in [0.15, 0.2) is 164 Å². The monoisotopic (exact) mass is 655 g/mol. The van der Waals surface area contributed by atoms with Gasteiger partial charge in [0.15, 0.2) is 17.5 Å². The molecule has 5 nitrogen and oxygen atoms in total. The molecule has 242 valence electrons. The molecule has 1 N–H and O–H groups in total. The van der Waals surface area contributed by atoms with Gasteiger partial charge in [-0.2, -0.15) is 0 Å². The topological polar surface area (TPSA) is 63.6 Å². The summed E-state index contributed by atoms with van der Waals surface area (Å²) in [4.78, 5) is 19.8. The van der Waals surface area contributed by atoms with Crippen molar-refractivity contribution in [3.05, 3.63) is 169 Å². The zero-order valence-electron chi connectivity index (χ0n) is 28.0. The van der Waals surface area contributed by atoms with Crippen LogP contribution in [0, 0.1) is 0 Å². The second kappa shape index (κ2) is 13.0. The van der Waals surface area contributed by atoms with E-state index in [-0.39, 0.29) is 6.04 Å². The van der Waals surface area contributed by atoms with Crippen LogP contribution < -0.4 is 5.32 Å². The molecule has 0 aliphatic carbocycles. The number of nitrogens with zero attached hydrogens (tertiary/aromatic N) is 4. The van der Waals surface area contributed by atoms with E-state index in [2.05, 4.69) is 169 Å². The second-order valence-electron chi connectivity index (χ2n) is 12.8. The van der Waals surface area contributed by atoms with Gasteiger partial charge in [0.1, 0.15) is 0 Å². The van der Waals surface area contributed by atoms with Crippen LogP contribution in [0.25, 0.3) is 84.5 Å². The molecule has 0 bridgehead atoms. The molecule has 1 unspecified atom stereocenters. The summed E-state index contributed by atoms with van der Waals surface area (Å²) in [7, 11) is 0. The molecule has 0 amide bonds. The Morgan fingerprint density at radius 1 is 0.451 bits per heavy atom. The Morgan fingerprint density at radius 2 is 0.961 bits per heavy atom. The number of nitrogens with one attached hydrogen (secondary N) is 1. The van der Waals surface area contributed by atoms with Gasteiger partial charge >= 0.3 is 0 Å². The average Bonchev–Trinajstić information content (AvgIpc) is 3.21. The summed E-state index contributed by atoms with van der Waals surface area (Å²) in [5.41, 5.74) is 12.9. The number of rotatable bonds is 6. The molecular weight excluding hydrogens is 623 g/mol. The first-order valence-electron chi connectivity index (χ1n) is 17.2. The first-order chi connectivity index (χ1) is 25.2. The summed E-state index contributed by atoms with van der Waals surface area (Å²) in [6.07, 6.45) is 6.23. The fraction of sp³-hybridized carbons (Fsp3) is 0.0435. The Labute approximate surface area is 297 Å². The quantitative estimate of drug-likeness (QED) is 0.193. The molecule has 51 heavy (non-hydrogen) atoms. The van der Waals surface area contributed by atoms with Crippen LogP contribution >= 0.6 is 0 Å². The van der Waals surface area contributed by atoms with E-state index in [1.54, 1.807) is 0 Å². The van der Waals surface area contributed by atoms with Crippen molar-refractivity contribution in [1.82, 2.24) is 19.9 Å². The highest BCUT2D eigenvalue weighted by molar-refractivity contribution is 5.94. The molecule has 0 radical (unpaired) electrons. The third kappa shape index (κ3) is 5.96. The van der Waals surface area contributed by atoms with Gasteiger partial charge in [-0.15, -0.1) is 0 Å². The summed E-state index contributed by atoms with van der Waals surface area (Å²) >= 11 is 0. The highest BCUT2D eigenvalue weighted by atomic mass is 15.0. The maximum Gasteiger partial charge on any atom is 0.164 e. The van der Waals surface area contributed by atoms with Crippen molar-refractivity contribution in [2.45, 2.75) is 13.0 Å². The number of anilines is 1. The lowest BCUT2D eigenvalue weighted by Crippen LogP contribution is -2.16. The fourth-order valence-corrected chi connectivity index (χ4v) is 6.77. The molecule has 0 saturated carbocycles. The minimum atomic E-state index is 0.277.